The van der Waals surface area contributed by atoms with E-state index in [0.29, 0.717) is 5.92 Å². The highest BCUT2D eigenvalue weighted by molar-refractivity contribution is 7.25. The van der Waals surface area contributed by atoms with E-state index < -0.39 is 0 Å². The molecule has 0 saturated carbocycles. The summed E-state index contributed by atoms with van der Waals surface area (Å²) in [5, 5.41) is 7.79. The average molecular weight is 772 g/mol. The number of hydrogen-bond acceptors (Lipinski definition) is 2. The highest BCUT2D eigenvalue weighted by atomic mass is 32.1. The van der Waals surface area contributed by atoms with Crippen molar-refractivity contribution in [3.8, 4) is 33.4 Å². The summed E-state index contributed by atoms with van der Waals surface area (Å²) in [7, 11) is 0. The van der Waals surface area contributed by atoms with Gasteiger partial charge in [-0.1, -0.05) is 183 Å². The molecule has 11 rings (SSSR count). The van der Waals surface area contributed by atoms with E-state index in [-0.39, 0.29) is 5.92 Å². The Balaban J connectivity index is 1.03. The smallest absolute Gasteiger partial charge is 0.0540 e. The fourth-order valence-electron chi connectivity index (χ4n) is 9.26. The number of hydrogen-bond donors (Lipinski definition) is 0. The van der Waals surface area contributed by atoms with Crippen molar-refractivity contribution < 1.29 is 0 Å². The van der Waals surface area contributed by atoms with Crippen LogP contribution in [0.3, 0.4) is 0 Å². The fourth-order valence-corrected chi connectivity index (χ4v) is 10.4. The summed E-state index contributed by atoms with van der Waals surface area (Å²) in [6.45, 7) is 2.34. The normalized spacial score (nSPS) is 14.8. The van der Waals surface area contributed by atoms with E-state index in [0.717, 1.165) is 17.1 Å². The molecule has 1 aliphatic carbocycles. The predicted octanol–water partition coefficient (Wildman–Crippen LogP) is 14.7. The predicted molar refractivity (Wildman–Crippen MR) is 254 cm³/mol. The second-order valence-corrected chi connectivity index (χ2v) is 16.8. The van der Waals surface area contributed by atoms with Gasteiger partial charge in [-0.25, -0.2) is 0 Å². The molecule has 0 amide bonds. The van der Waals surface area contributed by atoms with E-state index >= 15 is 0 Å². The number of benzene rings is 9. The minimum atomic E-state index is 0.270. The molecule has 0 bridgehead atoms. The minimum Gasteiger partial charge on any atom is -0.310 e. The van der Waals surface area contributed by atoms with Gasteiger partial charge in [-0.3, -0.25) is 0 Å². The van der Waals surface area contributed by atoms with Crippen molar-refractivity contribution in [2.75, 3.05) is 4.90 Å². The van der Waals surface area contributed by atoms with Gasteiger partial charge in [0.1, 0.15) is 0 Å². The quantitative estimate of drug-likeness (QED) is 0.156. The van der Waals surface area contributed by atoms with Crippen molar-refractivity contribution in [2.24, 2.45) is 5.92 Å². The van der Waals surface area contributed by atoms with Crippen LogP contribution in [0.4, 0.5) is 17.1 Å². The molecule has 2 unspecified atom stereocenters. The van der Waals surface area contributed by atoms with Crippen molar-refractivity contribution in [3.05, 3.63) is 222 Å². The van der Waals surface area contributed by atoms with Crippen LogP contribution in [-0.4, -0.2) is 0 Å². The van der Waals surface area contributed by atoms with E-state index in [9.17, 15) is 0 Å². The molecular formula is C57H41NS. The van der Waals surface area contributed by atoms with Crippen LogP contribution in [-0.2, 0) is 0 Å². The highest BCUT2D eigenvalue weighted by Gasteiger charge is 2.23. The number of thiophene rings is 1. The first-order valence-corrected chi connectivity index (χ1v) is 21.4. The largest absolute Gasteiger partial charge is 0.310 e. The van der Waals surface area contributed by atoms with Crippen LogP contribution in [0.15, 0.2) is 206 Å². The second kappa shape index (κ2) is 14.7. The van der Waals surface area contributed by atoms with Gasteiger partial charge in [0.2, 0.25) is 0 Å². The first kappa shape index (κ1) is 35.2. The summed E-state index contributed by atoms with van der Waals surface area (Å²) in [4.78, 5) is 2.46. The Labute approximate surface area is 349 Å². The molecule has 2 atom stereocenters. The summed E-state index contributed by atoms with van der Waals surface area (Å²) < 4.78 is 2.62. The molecule has 0 spiro atoms. The number of para-hydroxylation sites is 1. The first-order chi connectivity index (χ1) is 29.2. The zero-order valence-electron chi connectivity index (χ0n) is 32.8. The number of rotatable bonds is 7. The lowest BCUT2D eigenvalue weighted by atomic mass is 9.82. The maximum atomic E-state index is 2.46. The van der Waals surface area contributed by atoms with Gasteiger partial charge in [-0.2, -0.15) is 0 Å². The van der Waals surface area contributed by atoms with E-state index in [2.05, 4.69) is 230 Å². The maximum Gasteiger partial charge on any atom is 0.0540 e. The molecule has 0 radical (unpaired) electrons. The number of fused-ring (bicyclic) bond motifs is 5. The standard InChI is InChI=1S/C57H41NS/c1-38-35-43-14-2-3-15-44(43)37-53(38)45-17-10-18-47(36-45)58(54-24-8-6-20-50(54)51-23-12-26-56-57(51)52-21-7-9-25-55(52)59-56)46-33-31-40(32-34-46)39-27-29-42(30-28-39)49-22-11-16-41-13-4-5-19-48(41)49/h2-38,53H,1H3. The topological polar surface area (TPSA) is 3.24 Å². The van der Waals surface area contributed by atoms with Gasteiger partial charge in [0.05, 0.1) is 5.69 Å². The van der Waals surface area contributed by atoms with Gasteiger partial charge in [0.15, 0.2) is 0 Å². The second-order valence-electron chi connectivity index (χ2n) is 15.7. The minimum absolute atomic E-state index is 0.270. The van der Waals surface area contributed by atoms with E-state index in [1.807, 2.05) is 11.3 Å². The molecule has 59 heavy (non-hydrogen) atoms. The van der Waals surface area contributed by atoms with Gasteiger partial charge in [-0.15, -0.1) is 11.3 Å². The third-order valence-electron chi connectivity index (χ3n) is 12.2. The van der Waals surface area contributed by atoms with Gasteiger partial charge >= 0.3 is 0 Å². The lowest BCUT2D eigenvalue weighted by molar-refractivity contribution is 0.693. The van der Waals surface area contributed by atoms with Crippen molar-refractivity contribution in [1.29, 1.82) is 0 Å². The van der Waals surface area contributed by atoms with Crippen LogP contribution in [0, 0.1) is 5.92 Å². The molecule has 0 saturated heterocycles. The lowest BCUT2D eigenvalue weighted by Gasteiger charge is -2.30. The highest BCUT2D eigenvalue weighted by Crippen LogP contribution is 2.46. The Hall–Kier alpha value is -7.00. The Morgan fingerprint density at radius 3 is 1.86 bits per heavy atom. The molecular weight excluding hydrogens is 731 g/mol. The van der Waals surface area contributed by atoms with Crippen LogP contribution in [0.1, 0.15) is 18.4 Å². The summed E-state index contributed by atoms with van der Waals surface area (Å²) in [5.41, 5.74) is 12.1. The fraction of sp³-hybridized carbons (Fsp3) is 0.0526. The van der Waals surface area contributed by atoms with Crippen molar-refractivity contribution >= 4 is 71.5 Å². The molecule has 0 N–H and O–H groups in total. The van der Waals surface area contributed by atoms with Gasteiger partial charge < -0.3 is 4.90 Å². The van der Waals surface area contributed by atoms with E-state index in [1.54, 1.807) is 0 Å². The molecule has 1 aromatic heterocycles. The van der Waals surface area contributed by atoms with Crippen LogP contribution < -0.4 is 15.3 Å². The van der Waals surface area contributed by atoms with Crippen LogP contribution in [0.2, 0.25) is 0 Å². The Bertz CT molecular complexity index is 3300. The Kier molecular flexibility index (Phi) is 8.79. The van der Waals surface area contributed by atoms with Gasteiger partial charge in [0, 0.05) is 43.0 Å². The average Bonchev–Trinajstić information content (AvgIpc) is 3.69. The van der Waals surface area contributed by atoms with Crippen LogP contribution in [0.5, 0.6) is 0 Å². The third-order valence-corrected chi connectivity index (χ3v) is 13.3. The molecule has 2 heteroatoms. The lowest BCUT2D eigenvalue weighted by Crippen LogP contribution is -2.31. The molecule has 1 heterocycles. The zero-order valence-corrected chi connectivity index (χ0v) is 33.6. The summed E-state index contributed by atoms with van der Waals surface area (Å²) in [5.74, 6) is 0.642. The Morgan fingerprint density at radius 2 is 1.02 bits per heavy atom. The van der Waals surface area contributed by atoms with Gasteiger partial charge in [-0.05, 0) is 103 Å². The Morgan fingerprint density at radius 1 is 0.424 bits per heavy atom. The van der Waals surface area contributed by atoms with Crippen molar-refractivity contribution in [1.82, 2.24) is 0 Å². The van der Waals surface area contributed by atoms with Crippen LogP contribution >= 0.6 is 11.3 Å². The zero-order chi connectivity index (χ0) is 39.3. The van der Waals surface area contributed by atoms with E-state index in [1.165, 1.54) is 80.3 Å². The molecule has 10 aromatic rings. The number of nitrogens with zero attached hydrogens (tertiary/aromatic N) is 1. The first-order valence-electron chi connectivity index (χ1n) is 20.5. The van der Waals surface area contributed by atoms with Crippen LogP contribution in [0.25, 0.3) is 76.5 Å². The van der Waals surface area contributed by atoms with Crippen molar-refractivity contribution in [2.45, 2.75) is 12.8 Å². The molecule has 1 aliphatic rings. The summed E-state index contributed by atoms with van der Waals surface area (Å²) in [6.07, 6.45) is 4.89. The van der Waals surface area contributed by atoms with Gasteiger partial charge in [0.25, 0.3) is 0 Å². The molecule has 0 aliphatic heterocycles. The molecule has 1 nitrogen and oxygen atoms in total. The number of anilines is 3. The molecule has 0 fully saturated rings. The molecule has 280 valence electrons. The summed E-state index contributed by atoms with van der Waals surface area (Å²) in [6, 6.07) is 75.8. The summed E-state index contributed by atoms with van der Waals surface area (Å²) >= 11 is 1.87. The third kappa shape index (κ3) is 6.34. The van der Waals surface area contributed by atoms with E-state index in [4.69, 9.17) is 0 Å². The monoisotopic (exact) mass is 771 g/mol. The molecule has 9 aromatic carbocycles. The maximum absolute atomic E-state index is 2.46. The van der Waals surface area contributed by atoms with Crippen molar-refractivity contribution in [3.63, 3.8) is 0 Å². The SMILES string of the molecule is CC1C=c2ccccc2=CC1c1cccc(N(c2ccc(-c3ccc(-c4cccc5ccccc45)cc3)cc2)c2ccccc2-c2cccc3sc4ccccc4c23)c1.